The van der Waals surface area contributed by atoms with E-state index in [4.69, 9.17) is 0 Å². The van der Waals surface area contributed by atoms with Gasteiger partial charge in [-0.15, -0.1) is 0 Å². The molecular formula is C20H32N2. The van der Waals surface area contributed by atoms with Crippen LogP contribution in [0.25, 0.3) is 0 Å². The first-order chi connectivity index (χ1) is 10.5. The molecular weight excluding hydrogens is 268 g/mol. The number of nitrogens with zero attached hydrogens (tertiary/aromatic N) is 1. The molecule has 2 nitrogen and oxygen atoms in total. The second-order valence-electron chi connectivity index (χ2n) is 6.13. The molecule has 0 radical (unpaired) electrons. The van der Waals surface area contributed by atoms with Gasteiger partial charge in [0, 0.05) is 19.6 Å². The van der Waals surface area contributed by atoms with Gasteiger partial charge in [0.15, 0.2) is 0 Å². The Morgan fingerprint density at radius 3 is 2.32 bits per heavy atom. The van der Waals surface area contributed by atoms with Gasteiger partial charge in [0.25, 0.3) is 0 Å². The number of rotatable bonds is 8. The molecule has 0 heterocycles. The summed E-state index contributed by atoms with van der Waals surface area (Å²) in [5, 5.41) is 3.61. The first kappa shape index (κ1) is 18.3. The molecule has 0 aliphatic carbocycles. The quantitative estimate of drug-likeness (QED) is 0.683. The smallest absolute Gasteiger partial charge is 0.0555 e. The number of nitrogens with one attached hydrogen (secondary N) is 1. The molecule has 1 rings (SSSR count). The van der Waals surface area contributed by atoms with Crippen LogP contribution in [0, 0.1) is 5.92 Å². The number of hydrogen-bond donors (Lipinski definition) is 1. The van der Waals surface area contributed by atoms with E-state index in [9.17, 15) is 0 Å². The van der Waals surface area contributed by atoms with Crippen LogP contribution < -0.4 is 5.32 Å². The van der Waals surface area contributed by atoms with Gasteiger partial charge in [-0.1, -0.05) is 63.3 Å². The summed E-state index contributed by atoms with van der Waals surface area (Å²) in [5.74, 6) is 0.622. The van der Waals surface area contributed by atoms with Crippen molar-refractivity contribution in [2.45, 2.75) is 53.6 Å². The van der Waals surface area contributed by atoms with Gasteiger partial charge in [0.1, 0.15) is 0 Å². The Hall–Kier alpha value is -1.70. The molecule has 1 unspecified atom stereocenters. The highest BCUT2D eigenvalue weighted by atomic mass is 15.2. The Kier molecular flexibility index (Phi) is 7.79. The van der Waals surface area contributed by atoms with Crippen LogP contribution in [0.1, 0.15) is 46.6 Å². The lowest BCUT2D eigenvalue weighted by Crippen LogP contribution is -2.35. The number of benzene rings is 1. The minimum Gasteiger partial charge on any atom is -0.380 e. The van der Waals surface area contributed by atoms with Gasteiger partial charge in [-0.2, -0.15) is 0 Å². The SMILES string of the molecule is C/C=C(/C(=C\CC)NCc1ccccc1)N(C)C(C)C(C)C. The highest BCUT2D eigenvalue weighted by molar-refractivity contribution is 5.29. The molecule has 1 N–H and O–H groups in total. The van der Waals surface area contributed by atoms with E-state index in [-0.39, 0.29) is 0 Å². The zero-order valence-corrected chi connectivity index (χ0v) is 15.1. The third-order valence-electron chi connectivity index (χ3n) is 4.24. The largest absolute Gasteiger partial charge is 0.380 e. The van der Waals surface area contributed by atoms with E-state index in [0.717, 1.165) is 13.0 Å². The summed E-state index contributed by atoms with van der Waals surface area (Å²) in [6.45, 7) is 12.0. The fourth-order valence-electron chi connectivity index (χ4n) is 2.48. The lowest BCUT2D eigenvalue weighted by Gasteiger charge is -2.33. The van der Waals surface area contributed by atoms with E-state index in [1.807, 2.05) is 0 Å². The van der Waals surface area contributed by atoms with Gasteiger partial charge >= 0.3 is 0 Å². The second kappa shape index (κ2) is 9.34. The summed E-state index contributed by atoms with van der Waals surface area (Å²) in [4.78, 5) is 2.38. The molecule has 0 bridgehead atoms. The molecule has 0 saturated heterocycles. The summed E-state index contributed by atoms with van der Waals surface area (Å²) in [6, 6.07) is 11.1. The third kappa shape index (κ3) is 5.25. The van der Waals surface area contributed by atoms with Crippen LogP contribution in [0.3, 0.4) is 0 Å². The maximum absolute atomic E-state index is 3.61. The van der Waals surface area contributed by atoms with Gasteiger partial charge < -0.3 is 10.2 Å². The van der Waals surface area contributed by atoms with Gasteiger partial charge in [-0.05, 0) is 31.7 Å². The van der Waals surface area contributed by atoms with Crippen molar-refractivity contribution in [3.63, 3.8) is 0 Å². The first-order valence-corrected chi connectivity index (χ1v) is 8.38. The molecule has 0 amide bonds. The Morgan fingerprint density at radius 1 is 1.18 bits per heavy atom. The Balaban J connectivity index is 2.86. The van der Waals surface area contributed by atoms with Crippen molar-refractivity contribution in [2.75, 3.05) is 7.05 Å². The summed E-state index contributed by atoms with van der Waals surface area (Å²) < 4.78 is 0. The molecule has 0 aromatic heterocycles. The molecule has 0 saturated carbocycles. The maximum atomic E-state index is 3.61. The molecule has 2 heteroatoms. The normalized spacial score (nSPS) is 14.1. The second-order valence-corrected chi connectivity index (χ2v) is 6.13. The predicted molar refractivity (Wildman–Crippen MR) is 97.5 cm³/mol. The van der Waals surface area contributed by atoms with Crippen molar-refractivity contribution in [3.8, 4) is 0 Å². The third-order valence-corrected chi connectivity index (χ3v) is 4.24. The Bertz CT molecular complexity index is 486. The van der Waals surface area contributed by atoms with Gasteiger partial charge in [-0.25, -0.2) is 0 Å². The van der Waals surface area contributed by atoms with Gasteiger partial charge in [-0.3, -0.25) is 0 Å². The molecule has 22 heavy (non-hydrogen) atoms. The van der Waals surface area contributed by atoms with Crippen LogP contribution in [0.15, 0.2) is 53.9 Å². The van der Waals surface area contributed by atoms with Crippen molar-refractivity contribution in [3.05, 3.63) is 59.4 Å². The number of likely N-dealkylation sites (N-methyl/N-ethyl adjacent to an activating group) is 1. The van der Waals surface area contributed by atoms with E-state index < -0.39 is 0 Å². The van der Waals surface area contributed by atoms with Gasteiger partial charge in [0.05, 0.1) is 11.4 Å². The highest BCUT2D eigenvalue weighted by Crippen LogP contribution is 2.19. The molecule has 0 aliphatic heterocycles. The zero-order chi connectivity index (χ0) is 16.5. The van der Waals surface area contributed by atoms with Crippen molar-refractivity contribution in [1.29, 1.82) is 0 Å². The van der Waals surface area contributed by atoms with Crippen LogP contribution in [-0.2, 0) is 6.54 Å². The van der Waals surface area contributed by atoms with E-state index in [0.29, 0.717) is 12.0 Å². The Labute approximate surface area is 136 Å². The van der Waals surface area contributed by atoms with E-state index in [1.165, 1.54) is 17.0 Å². The molecule has 0 spiro atoms. The summed E-state index contributed by atoms with van der Waals surface area (Å²) >= 11 is 0. The fraction of sp³-hybridized carbons (Fsp3) is 0.500. The summed E-state index contributed by atoms with van der Waals surface area (Å²) in [6.07, 6.45) is 5.51. The van der Waals surface area contributed by atoms with E-state index in [2.05, 4.69) is 94.4 Å². The summed E-state index contributed by atoms with van der Waals surface area (Å²) in [5.41, 5.74) is 3.81. The number of allylic oxidation sites excluding steroid dienone is 2. The van der Waals surface area contributed by atoms with Crippen molar-refractivity contribution < 1.29 is 0 Å². The van der Waals surface area contributed by atoms with Crippen molar-refractivity contribution in [1.82, 2.24) is 10.2 Å². The lowest BCUT2D eigenvalue weighted by molar-refractivity contribution is 0.260. The molecule has 122 valence electrons. The predicted octanol–water partition coefficient (Wildman–Crippen LogP) is 4.95. The van der Waals surface area contributed by atoms with Gasteiger partial charge in [0.2, 0.25) is 0 Å². The molecule has 1 aromatic rings. The maximum Gasteiger partial charge on any atom is 0.0555 e. The van der Waals surface area contributed by atoms with Crippen LogP contribution in [0.5, 0.6) is 0 Å². The van der Waals surface area contributed by atoms with Crippen LogP contribution in [-0.4, -0.2) is 18.0 Å². The first-order valence-electron chi connectivity index (χ1n) is 8.38. The topological polar surface area (TPSA) is 15.3 Å². The molecule has 1 aromatic carbocycles. The summed E-state index contributed by atoms with van der Waals surface area (Å²) in [7, 11) is 2.19. The average Bonchev–Trinajstić information content (AvgIpc) is 2.53. The van der Waals surface area contributed by atoms with Crippen LogP contribution in [0.2, 0.25) is 0 Å². The zero-order valence-electron chi connectivity index (χ0n) is 15.1. The number of hydrogen-bond acceptors (Lipinski definition) is 2. The van der Waals surface area contributed by atoms with Crippen molar-refractivity contribution in [2.24, 2.45) is 5.92 Å². The van der Waals surface area contributed by atoms with E-state index in [1.54, 1.807) is 0 Å². The minimum absolute atomic E-state index is 0.505. The standard InChI is InChI=1S/C20H32N2/c1-7-12-19(21-15-18-13-10-9-11-14-18)20(8-2)22(6)17(5)16(3)4/h8-14,16-17,21H,7,15H2,1-6H3/b19-12+,20-8-. The molecule has 0 fully saturated rings. The average molecular weight is 300 g/mol. The Morgan fingerprint density at radius 2 is 1.82 bits per heavy atom. The van der Waals surface area contributed by atoms with Crippen LogP contribution in [0.4, 0.5) is 0 Å². The monoisotopic (exact) mass is 300 g/mol. The molecule has 0 aliphatic rings. The highest BCUT2D eigenvalue weighted by Gasteiger charge is 2.17. The minimum atomic E-state index is 0.505. The molecule has 1 atom stereocenters. The van der Waals surface area contributed by atoms with Crippen LogP contribution >= 0.6 is 0 Å². The fourth-order valence-corrected chi connectivity index (χ4v) is 2.48. The van der Waals surface area contributed by atoms with Crippen molar-refractivity contribution >= 4 is 0 Å². The lowest BCUT2D eigenvalue weighted by atomic mass is 10.0. The van der Waals surface area contributed by atoms with E-state index >= 15 is 0 Å².